The van der Waals surface area contributed by atoms with Crippen LogP contribution >= 0.6 is 11.6 Å². The van der Waals surface area contributed by atoms with E-state index in [1.807, 2.05) is 36.0 Å². The molecule has 0 N–H and O–H groups in total. The fraction of sp³-hybridized carbons (Fsp3) is 0.385. The lowest BCUT2D eigenvalue weighted by molar-refractivity contribution is 0.298. The van der Waals surface area contributed by atoms with Gasteiger partial charge in [-0.3, -0.25) is 4.68 Å². The highest BCUT2D eigenvalue weighted by Crippen LogP contribution is 2.22. The molecule has 0 radical (unpaired) electrons. The summed E-state index contributed by atoms with van der Waals surface area (Å²) in [6, 6.07) is 5.65. The molecule has 0 aliphatic carbocycles. The first kappa shape index (κ1) is 12.9. The molecule has 0 aromatic carbocycles. The van der Waals surface area contributed by atoms with Gasteiger partial charge < -0.3 is 4.74 Å². The average Bonchev–Trinajstić information content (AvgIpc) is 2.76. The number of ether oxygens (including phenoxy) is 1. The van der Waals surface area contributed by atoms with Crippen molar-refractivity contribution in [2.45, 2.75) is 33.4 Å². The largest absolute Gasteiger partial charge is 0.484 e. The third kappa shape index (κ3) is 3.23. The van der Waals surface area contributed by atoms with E-state index in [1.54, 1.807) is 0 Å². The fourth-order valence-corrected chi connectivity index (χ4v) is 1.86. The third-order valence-electron chi connectivity index (χ3n) is 2.48. The Balaban J connectivity index is 1.97. The Morgan fingerprint density at radius 3 is 2.89 bits per heavy atom. The summed E-state index contributed by atoms with van der Waals surface area (Å²) >= 11 is 5.99. The van der Waals surface area contributed by atoms with E-state index in [9.17, 15) is 0 Å². The van der Waals surface area contributed by atoms with Crippen molar-refractivity contribution in [2.75, 3.05) is 0 Å². The van der Waals surface area contributed by atoms with Gasteiger partial charge in [-0.2, -0.15) is 5.10 Å². The fourth-order valence-electron chi connectivity index (χ4n) is 1.61. The maximum Gasteiger partial charge on any atom is 0.171 e. The number of aryl methyl sites for hydroxylation is 2. The molecule has 2 rings (SSSR count). The summed E-state index contributed by atoms with van der Waals surface area (Å²) in [5.74, 6) is 0.590. The molecule has 0 aliphatic rings. The van der Waals surface area contributed by atoms with Gasteiger partial charge in [0.1, 0.15) is 6.61 Å². The van der Waals surface area contributed by atoms with Crippen LogP contribution in [0.25, 0.3) is 0 Å². The van der Waals surface area contributed by atoms with Crippen molar-refractivity contribution in [3.8, 4) is 5.75 Å². The van der Waals surface area contributed by atoms with E-state index < -0.39 is 0 Å². The van der Waals surface area contributed by atoms with Gasteiger partial charge in [-0.25, -0.2) is 4.98 Å². The van der Waals surface area contributed by atoms with Crippen LogP contribution in [-0.4, -0.2) is 14.8 Å². The van der Waals surface area contributed by atoms with E-state index in [4.69, 9.17) is 16.3 Å². The van der Waals surface area contributed by atoms with E-state index in [2.05, 4.69) is 17.0 Å². The summed E-state index contributed by atoms with van der Waals surface area (Å²) in [6.45, 7) is 5.34. The van der Waals surface area contributed by atoms with Crippen molar-refractivity contribution >= 4 is 11.6 Å². The van der Waals surface area contributed by atoms with Crippen LogP contribution in [0.4, 0.5) is 0 Å². The topological polar surface area (TPSA) is 39.9 Å². The molecule has 0 bridgehead atoms. The lowest BCUT2D eigenvalue weighted by atomic mass is 10.4. The molecule has 0 aliphatic heterocycles. The van der Waals surface area contributed by atoms with Crippen LogP contribution < -0.4 is 4.74 Å². The second kappa shape index (κ2) is 5.87. The van der Waals surface area contributed by atoms with Gasteiger partial charge in [-0.1, -0.05) is 18.5 Å². The zero-order valence-corrected chi connectivity index (χ0v) is 11.3. The Kier molecular flexibility index (Phi) is 4.20. The Labute approximate surface area is 112 Å². The van der Waals surface area contributed by atoms with Crippen molar-refractivity contribution in [1.82, 2.24) is 14.8 Å². The Morgan fingerprint density at radius 2 is 2.17 bits per heavy atom. The molecule has 0 spiro atoms. The second-order valence-corrected chi connectivity index (χ2v) is 4.46. The van der Waals surface area contributed by atoms with E-state index in [0.717, 1.165) is 24.4 Å². The molecule has 2 aromatic rings. The highest BCUT2D eigenvalue weighted by Gasteiger charge is 2.05. The highest BCUT2D eigenvalue weighted by molar-refractivity contribution is 6.30. The van der Waals surface area contributed by atoms with Crippen molar-refractivity contribution in [2.24, 2.45) is 0 Å². The number of pyridine rings is 1. The average molecular weight is 266 g/mol. The van der Waals surface area contributed by atoms with Crippen molar-refractivity contribution < 1.29 is 4.74 Å². The van der Waals surface area contributed by atoms with Crippen molar-refractivity contribution in [3.63, 3.8) is 0 Å². The smallest absolute Gasteiger partial charge is 0.171 e. The van der Waals surface area contributed by atoms with Gasteiger partial charge in [-0.15, -0.1) is 0 Å². The minimum atomic E-state index is 0.392. The molecule has 2 aromatic heterocycles. The Morgan fingerprint density at radius 1 is 1.33 bits per heavy atom. The predicted molar refractivity (Wildman–Crippen MR) is 70.8 cm³/mol. The molecule has 2 heterocycles. The molecule has 18 heavy (non-hydrogen) atoms. The van der Waals surface area contributed by atoms with Crippen molar-refractivity contribution in [3.05, 3.63) is 40.9 Å². The first-order valence-electron chi connectivity index (χ1n) is 5.97. The number of hydrogen-bond acceptors (Lipinski definition) is 3. The van der Waals surface area contributed by atoms with Crippen LogP contribution in [0.5, 0.6) is 5.75 Å². The van der Waals surface area contributed by atoms with Crippen LogP contribution in [0.15, 0.2) is 24.4 Å². The van der Waals surface area contributed by atoms with Gasteiger partial charge in [0.25, 0.3) is 0 Å². The molecule has 0 amide bonds. The first-order chi connectivity index (χ1) is 8.69. The zero-order valence-electron chi connectivity index (χ0n) is 10.6. The van der Waals surface area contributed by atoms with Gasteiger partial charge in [-0.05, 0) is 31.5 Å². The lowest BCUT2D eigenvalue weighted by Gasteiger charge is -2.06. The van der Waals surface area contributed by atoms with Gasteiger partial charge in [0, 0.05) is 18.4 Å². The van der Waals surface area contributed by atoms with E-state index in [-0.39, 0.29) is 0 Å². The normalized spacial score (nSPS) is 10.6. The number of aromatic nitrogens is 3. The molecule has 0 fully saturated rings. The molecule has 0 unspecified atom stereocenters. The number of nitrogens with zero attached hydrogens (tertiary/aromatic N) is 3. The predicted octanol–water partition coefficient (Wildman–Crippen LogP) is 3.23. The Bertz CT molecular complexity index is 525. The summed E-state index contributed by atoms with van der Waals surface area (Å²) in [7, 11) is 0. The highest BCUT2D eigenvalue weighted by atomic mass is 35.5. The summed E-state index contributed by atoms with van der Waals surface area (Å²) in [6.07, 6.45) is 3.02. The SMILES string of the molecule is CCCn1ccc(COc2ccc(C)nc2Cl)n1. The monoisotopic (exact) mass is 265 g/mol. The maximum atomic E-state index is 5.99. The van der Waals surface area contributed by atoms with Gasteiger partial charge in [0.15, 0.2) is 10.9 Å². The first-order valence-corrected chi connectivity index (χ1v) is 6.35. The summed E-state index contributed by atoms with van der Waals surface area (Å²) in [5, 5.41) is 4.78. The van der Waals surface area contributed by atoms with E-state index >= 15 is 0 Å². The van der Waals surface area contributed by atoms with Crippen molar-refractivity contribution in [1.29, 1.82) is 0 Å². The van der Waals surface area contributed by atoms with E-state index in [1.165, 1.54) is 0 Å². The summed E-state index contributed by atoms with van der Waals surface area (Å²) in [5.41, 5.74) is 1.76. The molecular formula is C13H16ClN3O. The molecular weight excluding hydrogens is 250 g/mol. The lowest BCUT2D eigenvalue weighted by Crippen LogP contribution is -2.01. The second-order valence-electron chi connectivity index (χ2n) is 4.10. The van der Waals surface area contributed by atoms with E-state index in [0.29, 0.717) is 17.5 Å². The molecule has 4 nitrogen and oxygen atoms in total. The third-order valence-corrected chi connectivity index (χ3v) is 2.75. The minimum absolute atomic E-state index is 0.392. The van der Waals surface area contributed by atoms with Gasteiger partial charge in [0.05, 0.1) is 5.69 Å². The van der Waals surface area contributed by atoms with Crippen LogP contribution in [0.3, 0.4) is 0 Å². The maximum absolute atomic E-state index is 5.99. The van der Waals surface area contributed by atoms with Gasteiger partial charge in [0.2, 0.25) is 0 Å². The standard InChI is InChI=1S/C13H16ClN3O/c1-3-7-17-8-6-11(16-17)9-18-12-5-4-10(2)15-13(12)14/h4-6,8H,3,7,9H2,1-2H3. The molecule has 0 atom stereocenters. The van der Waals surface area contributed by atoms with Crippen LogP contribution in [-0.2, 0) is 13.2 Å². The molecule has 5 heteroatoms. The summed E-state index contributed by atoms with van der Waals surface area (Å²) in [4.78, 5) is 4.14. The van der Waals surface area contributed by atoms with Crippen LogP contribution in [0.2, 0.25) is 5.15 Å². The molecule has 96 valence electrons. The molecule has 0 saturated heterocycles. The summed E-state index contributed by atoms with van der Waals surface area (Å²) < 4.78 is 7.51. The number of hydrogen-bond donors (Lipinski definition) is 0. The Hall–Kier alpha value is -1.55. The van der Waals surface area contributed by atoms with Gasteiger partial charge >= 0.3 is 0 Å². The minimum Gasteiger partial charge on any atom is -0.484 e. The quantitative estimate of drug-likeness (QED) is 0.780. The number of rotatable bonds is 5. The van der Waals surface area contributed by atoms with Crippen LogP contribution in [0.1, 0.15) is 24.7 Å². The molecule has 0 saturated carbocycles. The van der Waals surface area contributed by atoms with Crippen LogP contribution in [0, 0.1) is 6.92 Å². The number of halogens is 1. The zero-order chi connectivity index (χ0) is 13.0.